The van der Waals surface area contributed by atoms with Crippen molar-refractivity contribution in [3.8, 4) is 0 Å². The Morgan fingerprint density at radius 1 is 1.68 bits per heavy atom. The standard InChI is InChI=1S/C12H15NO5S/c1-7(5-9(14)15)18-12(16)10-11(19-6-13-10)8-3-2-4-17-8/h6-8H,2-5H2,1H3,(H,14,15). The van der Waals surface area contributed by atoms with E-state index in [2.05, 4.69) is 4.98 Å². The van der Waals surface area contributed by atoms with E-state index in [1.54, 1.807) is 12.4 Å². The minimum atomic E-state index is -1.00. The lowest BCUT2D eigenvalue weighted by Gasteiger charge is -2.12. The fourth-order valence-electron chi connectivity index (χ4n) is 1.95. The molecule has 1 saturated heterocycles. The molecule has 0 aromatic carbocycles. The van der Waals surface area contributed by atoms with Gasteiger partial charge in [-0.3, -0.25) is 4.79 Å². The Bertz CT molecular complexity index is 466. The van der Waals surface area contributed by atoms with E-state index in [9.17, 15) is 9.59 Å². The van der Waals surface area contributed by atoms with E-state index in [0.717, 1.165) is 17.7 Å². The van der Waals surface area contributed by atoms with Crippen LogP contribution in [0.5, 0.6) is 0 Å². The quantitative estimate of drug-likeness (QED) is 0.833. The van der Waals surface area contributed by atoms with Crippen LogP contribution in [0.25, 0.3) is 0 Å². The second kappa shape index (κ2) is 6.12. The van der Waals surface area contributed by atoms with Gasteiger partial charge in [-0.25, -0.2) is 9.78 Å². The summed E-state index contributed by atoms with van der Waals surface area (Å²) < 4.78 is 10.6. The number of hydrogen-bond acceptors (Lipinski definition) is 6. The lowest BCUT2D eigenvalue weighted by atomic mass is 10.2. The van der Waals surface area contributed by atoms with Crippen molar-refractivity contribution in [2.24, 2.45) is 0 Å². The summed E-state index contributed by atoms with van der Waals surface area (Å²) >= 11 is 1.36. The number of aliphatic carboxylic acids is 1. The predicted octanol–water partition coefficient (Wildman–Crippen LogP) is 2.01. The number of nitrogens with zero attached hydrogens (tertiary/aromatic N) is 1. The van der Waals surface area contributed by atoms with Gasteiger partial charge >= 0.3 is 11.9 Å². The SMILES string of the molecule is CC(CC(=O)O)OC(=O)c1ncsc1C1CCCO1. The third-order valence-electron chi connectivity index (χ3n) is 2.78. The predicted molar refractivity (Wildman–Crippen MR) is 67.2 cm³/mol. The van der Waals surface area contributed by atoms with Crippen LogP contribution in [0.3, 0.4) is 0 Å². The number of thiazole rings is 1. The molecule has 7 heteroatoms. The van der Waals surface area contributed by atoms with Crippen LogP contribution in [0, 0.1) is 0 Å². The van der Waals surface area contributed by atoms with Crippen molar-refractivity contribution in [3.63, 3.8) is 0 Å². The van der Waals surface area contributed by atoms with Gasteiger partial charge in [-0.2, -0.15) is 0 Å². The molecule has 0 saturated carbocycles. The zero-order chi connectivity index (χ0) is 13.8. The molecule has 1 aromatic rings. The average Bonchev–Trinajstić information content (AvgIpc) is 2.98. The maximum atomic E-state index is 11.9. The average molecular weight is 285 g/mol. The summed E-state index contributed by atoms with van der Waals surface area (Å²) in [6.45, 7) is 2.23. The lowest BCUT2D eigenvalue weighted by molar-refractivity contribution is -0.138. The first kappa shape index (κ1) is 14.0. The summed E-state index contributed by atoms with van der Waals surface area (Å²) in [7, 11) is 0. The molecule has 2 heterocycles. The first-order chi connectivity index (χ1) is 9.08. The summed E-state index contributed by atoms with van der Waals surface area (Å²) in [5.41, 5.74) is 1.82. The highest BCUT2D eigenvalue weighted by Crippen LogP contribution is 2.33. The van der Waals surface area contributed by atoms with Crippen molar-refractivity contribution >= 4 is 23.3 Å². The number of carbonyl (C=O) groups excluding carboxylic acids is 1. The van der Waals surface area contributed by atoms with Gasteiger partial charge in [-0.05, 0) is 19.8 Å². The molecule has 0 bridgehead atoms. The molecular formula is C12H15NO5S. The molecule has 2 rings (SSSR count). The Kier molecular flexibility index (Phi) is 4.49. The third-order valence-corrected chi connectivity index (χ3v) is 3.70. The summed E-state index contributed by atoms with van der Waals surface area (Å²) in [6, 6.07) is 0. The van der Waals surface area contributed by atoms with Gasteiger partial charge < -0.3 is 14.6 Å². The number of hydrogen-bond donors (Lipinski definition) is 1. The third kappa shape index (κ3) is 3.51. The van der Waals surface area contributed by atoms with Gasteiger partial charge in [0.15, 0.2) is 5.69 Å². The molecule has 1 fully saturated rings. The molecule has 0 amide bonds. The van der Waals surface area contributed by atoms with Crippen molar-refractivity contribution in [1.29, 1.82) is 0 Å². The Morgan fingerprint density at radius 2 is 2.47 bits per heavy atom. The number of carboxylic acid groups (broad SMARTS) is 1. The summed E-state index contributed by atoms with van der Waals surface area (Å²) in [4.78, 5) is 27.3. The fraction of sp³-hybridized carbons (Fsp3) is 0.583. The molecule has 0 aliphatic carbocycles. The van der Waals surface area contributed by atoms with Crippen molar-refractivity contribution in [3.05, 3.63) is 16.1 Å². The highest BCUT2D eigenvalue weighted by molar-refractivity contribution is 7.10. The molecule has 2 unspecified atom stereocenters. The Hall–Kier alpha value is -1.47. The molecule has 0 spiro atoms. The first-order valence-corrected chi connectivity index (χ1v) is 6.93. The molecule has 0 radical (unpaired) electrons. The van der Waals surface area contributed by atoms with E-state index in [0.29, 0.717) is 6.61 Å². The Labute approximate surface area is 114 Å². The second-order valence-corrected chi connectivity index (χ2v) is 5.27. The first-order valence-electron chi connectivity index (χ1n) is 6.05. The van der Waals surface area contributed by atoms with Crippen molar-refractivity contribution in [1.82, 2.24) is 4.98 Å². The normalized spacial score (nSPS) is 20.2. The van der Waals surface area contributed by atoms with Gasteiger partial charge in [0.2, 0.25) is 0 Å². The number of aromatic nitrogens is 1. The van der Waals surface area contributed by atoms with Crippen LogP contribution >= 0.6 is 11.3 Å². The van der Waals surface area contributed by atoms with E-state index in [-0.39, 0.29) is 18.2 Å². The van der Waals surface area contributed by atoms with Crippen LogP contribution in [-0.2, 0) is 14.3 Å². The minimum absolute atomic E-state index is 0.0928. The second-order valence-electron chi connectivity index (χ2n) is 4.38. The molecule has 2 atom stereocenters. The molecule has 104 valence electrons. The van der Waals surface area contributed by atoms with Crippen LogP contribution < -0.4 is 0 Å². The Balaban J connectivity index is 2.03. The molecule has 1 aromatic heterocycles. The molecule has 6 nitrogen and oxygen atoms in total. The lowest BCUT2D eigenvalue weighted by Crippen LogP contribution is -2.19. The van der Waals surface area contributed by atoms with Gasteiger partial charge in [0.05, 0.1) is 22.9 Å². The molecular weight excluding hydrogens is 270 g/mol. The smallest absolute Gasteiger partial charge is 0.358 e. The van der Waals surface area contributed by atoms with Crippen molar-refractivity contribution in [2.75, 3.05) is 6.61 Å². The number of ether oxygens (including phenoxy) is 2. The fourth-order valence-corrected chi connectivity index (χ4v) is 2.80. The maximum Gasteiger partial charge on any atom is 0.358 e. The molecule has 1 aliphatic rings. The largest absolute Gasteiger partial charge is 0.481 e. The van der Waals surface area contributed by atoms with Crippen LogP contribution in [0.4, 0.5) is 0 Å². The van der Waals surface area contributed by atoms with Crippen molar-refractivity contribution in [2.45, 2.75) is 38.4 Å². The molecule has 1 N–H and O–H groups in total. The summed E-state index contributed by atoms with van der Waals surface area (Å²) in [6.07, 6.45) is 0.846. The van der Waals surface area contributed by atoms with Crippen LogP contribution in [-0.4, -0.2) is 34.7 Å². The number of esters is 1. The zero-order valence-electron chi connectivity index (χ0n) is 10.5. The number of carboxylic acids is 1. The monoisotopic (exact) mass is 285 g/mol. The minimum Gasteiger partial charge on any atom is -0.481 e. The van der Waals surface area contributed by atoms with Crippen LogP contribution in [0.15, 0.2) is 5.51 Å². The van der Waals surface area contributed by atoms with Crippen LogP contribution in [0.2, 0.25) is 0 Å². The Morgan fingerprint density at radius 3 is 3.11 bits per heavy atom. The van der Waals surface area contributed by atoms with E-state index < -0.39 is 18.0 Å². The van der Waals surface area contributed by atoms with E-state index >= 15 is 0 Å². The zero-order valence-corrected chi connectivity index (χ0v) is 11.3. The van der Waals surface area contributed by atoms with Gasteiger partial charge in [0.1, 0.15) is 6.10 Å². The highest BCUT2D eigenvalue weighted by Gasteiger charge is 2.27. The van der Waals surface area contributed by atoms with Crippen molar-refractivity contribution < 1.29 is 24.2 Å². The summed E-state index contributed by atoms with van der Waals surface area (Å²) in [5, 5.41) is 8.63. The molecule has 19 heavy (non-hydrogen) atoms. The number of carbonyl (C=O) groups is 2. The van der Waals surface area contributed by atoms with Gasteiger partial charge in [0.25, 0.3) is 0 Å². The maximum absolute atomic E-state index is 11.9. The van der Waals surface area contributed by atoms with E-state index in [4.69, 9.17) is 14.6 Å². The van der Waals surface area contributed by atoms with Crippen LogP contribution in [0.1, 0.15) is 47.7 Å². The topological polar surface area (TPSA) is 85.7 Å². The van der Waals surface area contributed by atoms with E-state index in [1.807, 2.05) is 0 Å². The van der Waals surface area contributed by atoms with Gasteiger partial charge in [0, 0.05) is 6.61 Å². The van der Waals surface area contributed by atoms with Gasteiger partial charge in [-0.1, -0.05) is 0 Å². The summed E-state index contributed by atoms with van der Waals surface area (Å²) in [5.74, 6) is -1.58. The highest BCUT2D eigenvalue weighted by atomic mass is 32.1. The van der Waals surface area contributed by atoms with E-state index in [1.165, 1.54) is 11.3 Å². The van der Waals surface area contributed by atoms with Gasteiger partial charge in [-0.15, -0.1) is 11.3 Å². The number of rotatable bonds is 5. The molecule has 1 aliphatic heterocycles.